The molecule has 7 heteroatoms. The Morgan fingerprint density at radius 2 is 1.92 bits per heavy atom. The summed E-state index contributed by atoms with van der Waals surface area (Å²) in [5, 5.41) is 10.7. The lowest BCUT2D eigenvalue weighted by molar-refractivity contribution is 0.0954. The zero-order valence-corrected chi connectivity index (χ0v) is 15.3. The maximum Gasteiger partial charge on any atom is 0.256 e. The average molecular weight is 351 g/mol. The van der Waals surface area contributed by atoms with Gasteiger partial charge in [0.25, 0.3) is 11.8 Å². The van der Waals surface area contributed by atoms with Crippen LogP contribution in [0.2, 0.25) is 0 Å². The molecule has 0 unspecified atom stereocenters. The van der Waals surface area contributed by atoms with Gasteiger partial charge in [0, 0.05) is 30.5 Å². The topological polar surface area (TPSA) is 88.9 Å². The molecule has 0 aliphatic rings. The minimum absolute atomic E-state index is 0.172. The van der Waals surface area contributed by atoms with Gasteiger partial charge in [-0.05, 0) is 45.0 Å². The molecule has 2 N–H and O–H groups in total. The third-order valence-corrected chi connectivity index (χ3v) is 4.06. The van der Waals surface area contributed by atoms with Gasteiger partial charge in [-0.15, -0.1) is 0 Å². The monoisotopic (exact) mass is 351 g/mol. The van der Waals surface area contributed by atoms with Crippen LogP contribution >= 0.6 is 0 Å². The smallest absolute Gasteiger partial charge is 0.256 e. The molecule has 2 heterocycles. The largest absolute Gasteiger partial charge is 0.352 e. The molecule has 2 aromatic heterocycles. The van der Waals surface area contributed by atoms with Crippen molar-refractivity contribution >= 4 is 28.5 Å². The van der Waals surface area contributed by atoms with Gasteiger partial charge >= 0.3 is 0 Å². The maximum atomic E-state index is 12.9. The van der Waals surface area contributed by atoms with E-state index in [1.54, 1.807) is 42.1 Å². The summed E-state index contributed by atoms with van der Waals surface area (Å²) in [6.07, 6.45) is 0. The summed E-state index contributed by atoms with van der Waals surface area (Å²) < 4.78 is 1.67. The highest BCUT2D eigenvalue weighted by Gasteiger charge is 2.18. The molecule has 0 saturated carbocycles. The number of amides is 2. The van der Waals surface area contributed by atoms with Crippen LogP contribution in [0.25, 0.3) is 11.0 Å². The number of fused-ring (bicyclic) bond motifs is 1. The van der Waals surface area contributed by atoms with E-state index in [4.69, 9.17) is 0 Å². The second-order valence-electron chi connectivity index (χ2n) is 6.11. The summed E-state index contributed by atoms with van der Waals surface area (Å²) in [4.78, 5) is 29.3. The van der Waals surface area contributed by atoms with Crippen LogP contribution in [0.3, 0.4) is 0 Å². The van der Waals surface area contributed by atoms with E-state index in [2.05, 4.69) is 20.7 Å². The summed E-state index contributed by atoms with van der Waals surface area (Å²) >= 11 is 0. The Balaban J connectivity index is 1.95. The lowest BCUT2D eigenvalue weighted by Gasteiger charge is -2.09. The number of aromatic nitrogens is 3. The highest BCUT2D eigenvalue weighted by atomic mass is 16.2. The molecule has 134 valence electrons. The van der Waals surface area contributed by atoms with Crippen LogP contribution in [0, 0.1) is 13.8 Å². The third-order valence-electron chi connectivity index (χ3n) is 4.06. The highest BCUT2D eigenvalue weighted by Crippen LogP contribution is 2.23. The van der Waals surface area contributed by atoms with Gasteiger partial charge in [-0.2, -0.15) is 5.10 Å². The maximum absolute atomic E-state index is 12.9. The molecule has 3 aromatic rings. The van der Waals surface area contributed by atoms with Gasteiger partial charge in [-0.25, -0.2) is 4.98 Å². The van der Waals surface area contributed by atoms with Crippen molar-refractivity contribution in [1.29, 1.82) is 0 Å². The van der Waals surface area contributed by atoms with Gasteiger partial charge in [0.05, 0.1) is 16.6 Å². The molecule has 0 saturated heterocycles. The molecule has 0 radical (unpaired) electrons. The summed E-state index contributed by atoms with van der Waals surface area (Å²) in [7, 11) is 1.80. The molecule has 0 aliphatic carbocycles. The van der Waals surface area contributed by atoms with Gasteiger partial charge < -0.3 is 10.6 Å². The Morgan fingerprint density at radius 3 is 2.65 bits per heavy atom. The number of anilines is 1. The lowest BCUT2D eigenvalue weighted by atomic mass is 10.1. The molecule has 0 aliphatic heterocycles. The number of carbonyl (C=O) groups excluding carboxylic acids is 2. The SMILES string of the molecule is CCNC(=O)c1cccc(NC(=O)c2cc(C)nc3c2c(C)nn3C)c1. The van der Waals surface area contributed by atoms with Crippen molar-refractivity contribution in [3.05, 3.63) is 52.8 Å². The van der Waals surface area contributed by atoms with Crippen molar-refractivity contribution in [1.82, 2.24) is 20.1 Å². The summed E-state index contributed by atoms with van der Waals surface area (Å²) in [6, 6.07) is 8.61. The van der Waals surface area contributed by atoms with Crippen LogP contribution in [0.4, 0.5) is 5.69 Å². The fourth-order valence-corrected chi connectivity index (χ4v) is 2.95. The van der Waals surface area contributed by atoms with Gasteiger partial charge in [0.15, 0.2) is 5.65 Å². The van der Waals surface area contributed by atoms with E-state index in [1.807, 2.05) is 20.8 Å². The number of rotatable bonds is 4. The Bertz CT molecular complexity index is 1010. The molecule has 26 heavy (non-hydrogen) atoms. The van der Waals surface area contributed by atoms with E-state index in [9.17, 15) is 9.59 Å². The standard InChI is InChI=1S/C19H21N5O2/c1-5-20-18(25)13-7-6-8-14(10-13)22-19(26)15-9-11(2)21-17-16(15)12(3)23-24(17)4/h6-10H,5H2,1-4H3,(H,20,25)(H,22,26). The Labute approximate surface area is 151 Å². The molecule has 3 rings (SSSR count). The van der Waals surface area contributed by atoms with Crippen LogP contribution < -0.4 is 10.6 Å². The first kappa shape index (κ1) is 17.6. The van der Waals surface area contributed by atoms with Crippen molar-refractivity contribution in [2.45, 2.75) is 20.8 Å². The van der Waals surface area contributed by atoms with Gasteiger partial charge in [-0.1, -0.05) is 6.07 Å². The minimum Gasteiger partial charge on any atom is -0.352 e. The zero-order valence-electron chi connectivity index (χ0n) is 15.3. The predicted octanol–water partition coefficient (Wildman–Crippen LogP) is 2.59. The molecule has 7 nitrogen and oxygen atoms in total. The zero-order chi connectivity index (χ0) is 18.8. The Kier molecular flexibility index (Phi) is 4.71. The van der Waals surface area contributed by atoms with Crippen LogP contribution in [-0.2, 0) is 7.05 Å². The molecule has 0 spiro atoms. The number of benzene rings is 1. The fraction of sp³-hybridized carbons (Fsp3) is 0.263. The summed E-state index contributed by atoms with van der Waals surface area (Å²) in [5.41, 5.74) is 3.73. The van der Waals surface area contributed by atoms with Gasteiger partial charge in [0.2, 0.25) is 0 Å². The third kappa shape index (κ3) is 3.28. The fourth-order valence-electron chi connectivity index (χ4n) is 2.95. The van der Waals surface area contributed by atoms with Crippen molar-refractivity contribution in [3.63, 3.8) is 0 Å². The minimum atomic E-state index is -0.260. The van der Waals surface area contributed by atoms with E-state index >= 15 is 0 Å². The van der Waals surface area contributed by atoms with Crippen LogP contribution in [0.5, 0.6) is 0 Å². The second kappa shape index (κ2) is 6.95. The molecule has 0 bridgehead atoms. The van der Waals surface area contributed by atoms with E-state index < -0.39 is 0 Å². The Hall–Kier alpha value is -3.22. The first-order valence-electron chi connectivity index (χ1n) is 8.41. The molecule has 2 amide bonds. The van der Waals surface area contributed by atoms with Gasteiger partial charge in [0.1, 0.15) is 0 Å². The number of aryl methyl sites for hydroxylation is 3. The summed E-state index contributed by atoms with van der Waals surface area (Å²) in [5.74, 6) is -0.432. The van der Waals surface area contributed by atoms with Crippen molar-refractivity contribution in [2.75, 3.05) is 11.9 Å². The van der Waals surface area contributed by atoms with E-state index in [0.29, 0.717) is 29.0 Å². The number of nitrogens with zero attached hydrogens (tertiary/aromatic N) is 3. The molecular formula is C19H21N5O2. The first-order valence-corrected chi connectivity index (χ1v) is 8.41. The van der Waals surface area contributed by atoms with Crippen LogP contribution in [0.1, 0.15) is 39.0 Å². The van der Waals surface area contributed by atoms with Crippen molar-refractivity contribution < 1.29 is 9.59 Å². The number of carbonyl (C=O) groups is 2. The van der Waals surface area contributed by atoms with E-state index in [1.165, 1.54) is 0 Å². The lowest BCUT2D eigenvalue weighted by Crippen LogP contribution is -2.22. The van der Waals surface area contributed by atoms with Gasteiger partial charge in [-0.3, -0.25) is 14.3 Å². The van der Waals surface area contributed by atoms with Crippen molar-refractivity contribution in [2.24, 2.45) is 7.05 Å². The highest BCUT2D eigenvalue weighted by molar-refractivity contribution is 6.13. The number of hydrogen-bond acceptors (Lipinski definition) is 4. The normalized spacial score (nSPS) is 10.8. The van der Waals surface area contributed by atoms with E-state index in [0.717, 1.165) is 16.8 Å². The Morgan fingerprint density at radius 1 is 1.15 bits per heavy atom. The first-order chi connectivity index (χ1) is 12.4. The molecule has 1 aromatic carbocycles. The van der Waals surface area contributed by atoms with Crippen molar-refractivity contribution in [3.8, 4) is 0 Å². The second-order valence-corrected chi connectivity index (χ2v) is 6.11. The molecule has 0 atom stereocenters. The predicted molar refractivity (Wildman–Crippen MR) is 100 cm³/mol. The van der Waals surface area contributed by atoms with Crippen LogP contribution in [0.15, 0.2) is 30.3 Å². The molecular weight excluding hydrogens is 330 g/mol. The molecule has 0 fully saturated rings. The van der Waals surface area contributed by atoms with E-state index in [-0.39, 0.29) is 11.8 Å². The van der Waals surface area contributed by atoms with Crippen LogP contribution in [-0.4, -0.2) is 33.1 Å². The average Bonchev–Trinajstić information content (AvgIpc) is 2.88. The number of nitrogens with one attached hydrogen (secondary N) is 2. The number of pyridine rings is 1. The number of hydrogen-bond donors (Lipinski definition) is 2. The summed E-state index contributed by atoms with van der Waals surface area (Å²) in [6.45, 7) is 6.10. The quantitative estimate of drug-likeness (QED) is 0.756.